The molecule has 0 saturated heterocycles. The Morgan fingerprint density at radius 2 is 2.17 bits per heavy atom. The van der Waals surface area contributed by atoms with Crippen molar-refractivity contribution in [2.45, 2.75) is 6.54 Å². The number of hydrazone groups is 1. The number of aromatic hydroxyl groups is 1. The minimum Gasteiger partial charge on any atom is -0.507 e. The van der Waals surface area contributed by atoms with Gasteiger partial charge < -0.3 is 5.11 Å². The van der Waals surface area contributed by atoms with Crippen LogP contribution in [0.1, 0.15) is 5.56 Å². The molecule has 1 heterocycles. The van der Waals surface area contributed by atoms with E-state index in [9.17, 15) is 9.90 Å². The third-order valence-electron chi connectivity index (χ3n) is 3.10. The number of benzene rings is 2. The number of carbonyl (C=O) groups is 1. The first-order chi connectivity index (χ1) is 11.1. The molecule has 0 atom stereocenters. The Morgan fingerprint density at radius 1 is 1.35 bits per heavy atom. The number of aromatic nitrogens is 3. The summed E-state index contributed by atoms with van der Waals surface area (Å²) in [6, 6.07) is 12.3. The van der Waals surface area contributed by atoms with Crippen molar-refractivity contribution in [3.05, 3.63) is 52.5 Å². The van der Waals surface area contributed by atoms with E-state index in [1.165, 1.54) is 17.0 Å². The van der Waals surface area contributed by atoms with E-state index in [-0.39, 0.29) is 18.2 Å². The molecule has 0 unspecified atom stereocenters. The molecule has 3 rings (SSSR count). The average Bonchev–Trinajstić information content (AvgIpc) is 2.94. The lowest BCUT2D eigenvalue weighted by Crippen LogP contribution is -2.23. The fraction of sp³-hybridized carbons (Fsp3) is 0.0667. The van der Waals surface area contributed by atoms with Crippen LogP contribution >= 0.6 is 15.9 Å². The maximum Gasteiger partial charge on any atom is 0.261 e. The van der Waals surface area contributed by atoms with Crippen molar-refractivity contribution in [3.8, 4) is 5.75 Å². The molecule has 23 heavy (non-hydrogen) atoms. The number of fused-ring (bicyclic) bond motifs is 1. The van der Waals surface area contributed by atoms with Crippen LogP contribution in [0.5, 0.6) is 5.75 Å². The van der Waals surface area contributed by atoms with Crippen molar-refractivity contribution in [3.63, 3.8) is 0 Å². The number of phenols is 1. The molecule has 1 amide bonds. The van der Waals surface area contributed by atoms with Crippen molar-refractivity contribution in [1.29, 1.82) is 0 Å². The zero-order chi connectivity index (χ0) is 16.2. The summed E-state index contributed by atoms with van der Waals surface area (Å²) in [6.07, 6.45) is 1.37. The molecule has 0 saturated carbocycles. The second kappa shape index (κ2) is 6.57. The van der Waals surface area contributed by atoms with Crippen LogP contribution in [0, 0.1) is 0 Å². The number of rotatable bonds is 4. The molecule has 116 valence electrons. The molecule has 0 aliphatic carbocycles. The van der Waals surface area contributed by atoms with Crippen LogP contribution in [0.2, 0.25) is 0 Å². The predicted molar refractivity (Wildman–Crippen MR) is 89.1 cm³/mol. The van der Waals surface area contributed by atoms with Gasteiger partial charge in [-0.3, -0.25) is 4.79 Å². The zero-order valence-electron chi connectivity index (χ0n) is 11.8. The van der Waals surface area contributed by atoms with Crippen molar-refractivity contribution >= 4 is 39.1 Å². The number of amides is 1. The van der Waals surface area contributed by atoms with Crippen LogP contribution in [0.3, 0.4) is 0 Å². The Morgan fingerprint density at radius 3 is 3.04 bits per heavy atom. The largest absolute Gasteiger partial charge is 0.507 e. The van der Waals surface area contributed by atoms with Crippen molar-refractivity contribution in [2.24, 2.45) is 5.10 Å². The molecule has 0 aliphatic heterocycles. The van der Waals surface area contributed by atoms with Gasteiger partial charge in [-0.05, 0) is 30.3 Å². The summed E-state index contributed by atoms with van der Waals surface area (Å²) >= 11 is 3.30. The number of phenolic OH excluding ortho intramolecular Hbond substituents is 1. The minimum absolute atomic E-state index is 0.00230. The lowest BCUT2D eigenvalue weighted by molar-refractivity contribution is -0.121. The van der Waals surface area contributed by atoms with E-state index < -0.39 is 0 Å². The maximum atomic E-state index is 11.9. The molecule has 0 radical (unpaired) electrons. The van der Waals surface area contributed by atoms with Crippen LogP contribution in [-0.4, -0.2) is 32.2 Å². The molecule has 0 aliphatic rings. The quantitative estimate of drug-likeness (QED) is 0.540. The highest BCUT2D eigenvalue weighted by molar-refractivity contribution is 9.10. The summed E-state index contributed by atoms with van der Waals surface area (Å²) in [7, 11) is 0. The minimum atomic E-state index is -0.341. The van der Waals surface area contributed by atoms with Crippen molar-refractivity contribution < 1.29 is 9.90 Å². The molecule has 2 aromatic carbocycles. The molecule has 0 bridgehead atoms. The molecular weight excluding hydrogens is 362 g/mol. The lowest BCUT2D eigenvalue weighted by Gasteiger charge is -2.02. The smallest absolute Gasteiger partial charge is 0.261 e. The number of nitrogens with one attached hydrogen (secondary N) is 1. The Hall–Kier alpha value is -2.74. The number of nitrogens with zero attached hydrogens (tertiary/aromatic N) is 4. The van der Waals surface area contributed by atoms with Gasteiger partial charge in [0.1, 0.15) is 17.8 Å². The van der Waals surface area contributed by atoms with Gasteiger partial charge in [0.15, 0.2) is 0 Å². The summed E-state index contributed by atoms with van der Waals surface area (Å²) in [5, 5.41) is 21.4. The van der Waals surface area contributed by atoms with E-state index in [0.717, 1.165) is 15.5 Å². The van der Waals surface area contributed by atoms with E-state index in [1.807, 2.05) is 24.3 Å². The lowest BCUT2D eigenvalue weighted by atomic mass is 10.2. The van der Waals surface area contributed by atoms with E-state index in [0.29, 0.717) is 5.56 Å². The maximum absolute atomic E-state index is 11.9. The molecular formula is C15H12BrN5O2. The standard InChI is InChI=1S/C15H12BrN5O2/c16-11-5-6-14(22)10(7-11)8-17-19-15(23)9-21-13-4-2-1-3-12(13)18-20-21/h1-8,22H,9H2,(H,19,23)/b17-8+. The topological polar surface area (TPSA) is 92.4 Å². The second-order valence-corrected chi connectivity index (χ2v) is 5.65. The van der Waals surface area contributed by atoms with Crippen LogP contribution in [-0.2, 0) is 11.3 Å². The van der Waals surface area contributed by atoms with E-state index in [1.54, 1.807) is 12.1 Å². The number of carbonyl (C=O) groups excluding carboxylic acids is 1. The zero-order valence-corrected chi connectivity index (χ0v) is 13.4. The summed E-state index contributed by atoms with van der Waals surface area (Å²) in [6.45, 7) is 0.00230. The van der Waals surface area contributed by atoms with E-state index in [2.05, 4.69) is 36.8 Å². The molecule has 0 spiro atoms. The fourth-order valence-corrected chi connectivity index (χ4v) is 2.39. The SMILES string of the molecule is O=C(Cn1nnc2ccccc21)N/N=C/c1cc(Br)ccc1O. The van der Waals surface area contributed by atoms with Crippen molar-refractivity contribution in [2.75, 3.05) is 0 Å². The first-order valence-corrected chi connectivity index (χ1v) is 7.51. The van der Waals surface area contributed by atoms with Crippen LogP contribution in [0.15, 0.2) is 52.0 Å². The molecule has 0 fully saturated rings. The molecule has 2 N–H and O–H groups in total. The third kappa shape index (κ3) is 3.54. The fourth-order valence-electron chi connectivity index (χ4n) is 2.01. The molecule has 8 heteroatoms. The molecule has 3 aromatic rings. The number of hydrogen-bond donors (Lipinski definition) is 2. The van der Waals surface area contributed by atoms with Gasteiger partial charge in [-0.2, -0.15) is 5.10 Å². The van der Waals surface area contributed by atoms with Crippen LogP contribution < -0.4 is 5.43 Å². The second-order valence-electron chi connectivity index (χ2n) is 4.73. The Balaban J connectivity index is 1.66. The highest BCUT2D eigenvalue weighted by Gasteiger charge is 2.07. The highest BCUT2D eigenvalue weighted by atomic mass is 79.9. The van der Waals surface area contributed by atoms with Gasteiger partial charge in [0, 0.05) is 10.0 Å². The molecule has 1 aromatic heterocycles. The van der Waals surface area contributed by atoms with Gasteiger partial charge in [0.25, 0.3) is 5.91 Å². The van der Waals surface area contributed by atoms with E-state index in [4.69, 9.17) is 0 Å². The molecule has 7 nitrogen and oxygen atoms in total. The monoisotopic (exact) mass is 373 g/mol. The van der Waals surface area contributed by atoms with Crippen molar-refractivity contribution in [1.82, 2.24) is 20.4 Å². The van der Waals surface area contributed by atoms with Gasteiger partial charge in [0.05, 0.1) is 11.7 Å². The van der Waals surface area contributed by atoms with Gasteiger partial charge in [-0.15, -0.1) is 5.10 Å². The Labute approximate surface area is 139 Å². The number of para-hydroxylation sites is 1. The highest BCUT2D eigenvalue weighted by Crippen LogP contribution is 2.19. The normalized spacial score (nSPS) is 11.2. The summed E-state index contributed by atoms with van der Waals surface area (Å²) in [4.78, 5) is 11.9. The summed E-state index contributed by atoms with van der Waals surface area (Å²) < 4.78 is 2.30. The summed E-state index contributed by atoms with van der Waals surface area (Å²) in [5.74, 6) is -0.264. The first-order valence-electron chi connectivity index (χ1n) is 6.72. The van der Waals surface area contributed by atoms with Crippen LogP contribution in [0.4, 0.5) is 0 Å². The third-order valence-corrected chi connectivity index (χ3v) is 3.59. The summed E-state index contributed by atoms with van der Waals surface area (Å²) in [5.41, 5.74) is 4.39. The first kappa shape index (κ1) is 15.2. The predicted octanol–water partition coefficient (Wildman–Crippen LogP) is 2.05. The van der Waals surface area contributed by atoms with Gasteiger partial charge in [-0.25, -0.2) is 10.1 Å². The number of hydrogen-bond acceptors (Lipinski definition) is 5. The van der Waals surface area contributed by atoms with Gasteiger partial charge in [-0.1, -0.05) is 33.3 Å². The van der Waals surface area contributed by atoms with Crippen LogP contribution in [0.25, 0.3) is 11.0 Å². The number of halogens is 1. The van der Waals surface area contributed by atoms with Gasteiger partial charge >= 0.3 is 0 Å². The van der Waals surface area contributed by atoms with E-state index >= 15 is 0 Å². The Kier molecular flexibility index (Phi) is 4.33. The van der Waals surface area contributed by atoms with Gasteiger partial charge in [0.2, 0.25) is 0 Å². The average molecular weight is 374 g/mol. The Bertz CT molecular complexity index is 890.